The summed E-state index contributed by atoms with van der Waals surface area (Å²) in [4.78, 5) is 0.356. The smallest absolute Gasteiger partial charge is 0.175 e. The van der Waals surface area contributed by atoms with E-state index in [1.807, 2.05) is 34.6 Å². The minimum Gasteiger partial charge on any atom is -0.380 e. The third kappa shape index (κ3) is 6.77. The number of benzene rings is 1. The number of aryl methyl sites for hydroxylation is 1. The Kier molecular flexibility index (Phi) is 10.9. The van der Waals surface area contributed by atoms with Crippen molar-refractivity contribution in [2.24, 2.45) is 0 Å². The summed E-state index contributed by atoms with van der Waals surface area (Å²) in [6.45, 7) is 10.4. The van der Waals surface area contributed by atoms with Crippen LogP contribution in [0.15, 0.2) is 23.1 Å². The molecule has 0 saturated carbocycles. The SMILES string of the molecule is CC.CC.COCc1ccc(S(C)(=O)=O)cc1C. The molecule has 1 rings (SSSR count). The van der Waals surface area contributed by atoms with E-state index in [2.05, 4.69) is 0 Å². The Balaban J connectivity index is 0. The van der Waals surface area contributed by atoms with Gasteiger partial charge in [-0.05, 0) is 30.2 Å². The number of hydrogen-bond donors (Lipinski definition) is 0. The summed E-state index contributed by atoms with van der Waals surface area (Å²) in [6.07, 6.45) is 1.21. The monoisotopic (exact) mass is 274 g/mol. The highest BCUT2D eigenvalue weighted by Gasteiger charge is 2.08. The molecule has 0 bridgehead atoms. The second kappa shape index (κ2) is 10.1. The van der Waals surface area contributed by atoms with Crippen LogP contribution in [0.25, 0.3) is 0 Å². The zero-order valence-electron chi connectivity index (χ0n) is 12.6. The van der Waals surface area contributed by atoms with Crippen molar-refractivity contribution >= 4 is 9.84 Å². The van der Waals surface area contributed by atoms with Crippen molar-refractivity contribution in [3.8, 4) is 0 Å². The first-order valence-electron chi connectivity index (χ1n) is 6.23. The van der Waals surface area contributed by atoms with Crippen LogP contribution in [-0.4, -0.2) is 21.8 Å². The number of ether oxygens (including phenoxy) is 1. The number of sulfone groups is 1. The first kappa shape index (κ1) is 19.5. The van der Waals surface area contributed by atoms with Crippen molar-refractivity contribution in [2.45, 2.75) is 46.1 Å². The molecule has 0 aliphatic rings. The van der Waals surface area contributed by atoms with Crippen molar-refractivity contribution in [1.82, 2.24) is 0 Å². The summed E-state index contributed by atoms with van der Waals surface area (Å²) >= 11 is 0. The lowest BCUT2D eigenvalue weighted by molar-refractivity contribution is 0.184. The van der Waals surface area contributed by atoms with Gasteiger partial charge in [0.15, 0.2) is 9.84 Å². The largest absolute Gasteiger partial charge is 0.380 e. The molecule has 106 valence electrons. The summed E-state index contributed by atoms with van der Waals surface area (Å²) in [5, 5.41) is 0. The molecule has 0 aliphatic heterocycles. The molecule has 0 saturated heterocycles. The number of rotatable bonds is 3. The molecule has 1 aromatic carbocycles. The second-order valence-corrected chi connectivity index (χ2v) is 5.31. The van der Waals surface area contributed by atoms with Gasteiger partial charge in [0.1, 0.15) is 0 Å². The molecule has 0 unspecified atom stereocenters. The van der Waals surface area contributed by atoms with Gasteiger partial charge in [-0.15, -0.1) is 0 Å². The lowest BCUT2D eigenvalue weighted by Crippen LogP contribution is -1.99. The Bertz CT molecular complexity index is 423. The topological polar surface area (TPSA) is 43.4 Å². The van der Waals surface area contributed by atoms with E-state index in [1.54, 1.807) is 25.3 Å². The van der Waals surface area contributed by atoms with E-state index in [0.717, 1.165) is 11.1 Å². The highest BCUT2D eigenvalue weighted by Crippen LogP contribution is 2.15. The summed E-state index contributed by atoms with van der Waals surface area (Å²) in [6, 6.07) is 5.07. The molecule has 0 aromatic heterocycles. The number of methoxy groups -OCH3 is 1. The Morgan fingerprint density at radius 3 is 1.94 bits per heavy atom. The second-order valence-electron chi connectivity index (χ2n) is 3.29. The molecule has 0 N–H and O–H groups in total. The van der Waals surface area contributed by atoms with Crippen LogP contribution >= 0.6 is 0 Å². The summed E-state index contributed by atoms with van der Waals surface area (Å²) in [7, 11) is -1.48. The number of hydrogen-bond acceptors (Lipinski definition) is 3. The van der Waals surface area contributed by atoms with Gasteiger partial charge in [-0.25, -0.2) is 8.42 Å². The van der Waals surface area contributed by atoms with E-state index >= 15 is 0 Å². The van der Waals surface area contributed by atoms with Crippen LogP contribution in [0.3, 0.4) is 0 Å². The standard InChI is InChI=1S/C10H14O3S.2C2H6/c1-8-6-10(14(3,11)12)5-4-9(8)7-13-2;2*1-2/h4-6H,7H2,1-3H3;2*1-2H3. The molecular weight excluding hydrogens is 248 g/mol. The average molecular weight is 274 g/mol. The van der Waals surface area contributed by atoms with Crippen LogP contribution in [-0.2, 0) is 21.2 Å². The van der Waals surface area contributed by atoms with Crippen LogP contribution in [0.5, 0.6) is 0 Å². The third-order valence-electron chi connectivity index (χ3n) is 2.04. The average Bonchev–Trinajstić information content (AvgIpc) is 2.36. The fourth-order valence-corrected chi connectivity index (χ4v) is 1.92. The molecule has 0 atom stereocenters. The van der Waals surface area contributed by atoms with Crippen molar-refractivity contribution in [1.29, 1.82) is 0 Å². The lowest BCUT2D eigenvalue weighted by Gasteiger charge is -2.06. The van der Waals surface area contributed by atoms with Crippen LogP contribution in [0.1, 0.15) is 38.8 Å². The molecule has 0 heterocycles. The molecule has 1 aromatic rings. The molecule has 0 radical (unpaired) electrons. The van der Waals surface area contributed by atoms with Crippen LogP contribution in [0.4, 0.5) is 0 Å². The predicted octanol–water partition coefficient (Wildman–Crippen LogP) is 3.60. The van der Waals surface area contributed by atoms with Crippen molar-refractivity contribution in [2.75, 3.05) is 13.4 Å². The quantitative estimate of drug-likeness (QED) is 0.846. The van der Waals surface area contributed by atoms with Gasteiger partial charge in [-0.3, -0.25) is 0 Å². The van der Waals surface area contributed by atoms with Crippen molar-refractivity contribution in [3.05, 3.63) is 29.3 Å². The molecule has 18 heavy (non-hydrogen) atoms. The van der Waals surface area contributed by atoms with E-state index in [1.165, 1.54) is 6.26 Å². The minimum absolute atomic E-state index is 0.356. The lowest BCUT2D eigenvalue weighted by atomic mass is 10.1. The minimum atomic E-state index is -3.10. The zero-order valence-corrected chi connectivity index (χ0v) is 13.4. The Morgan fingerprint density at radius 1 is 1.11 bits per heavy atom. The van der Waals surface area contributed by atoms with Gasteiger partial charge >= 0.3 is 0 Å². The maximum atomic E-state index is 11.2. The van der Waals surface area contributed by atoms with Gasteiger partial charge < -0.3 is 4.74 Å². The van der Waals surface area contributed by atoms with E-state index in [9.17, 15) is 8.42 Å². The summed E-state index contributed by atoms with van der Waals surface area (Å²) in [5.74, 6) is 0. The normalized spacial score (nSPS) is 9.72. The molecule has 0 spiro atoms. The van der Waals surface area contributed by atoms with Gasteiger partial charge in [0.05, 0.1) is 11.5 Å². The summed E-state index contributed by atoms with van der Waals surface area (Å²) in [5.41, 5.74) is 1.95. The molecule has 0 amide bonds. The van der Waals surface area contributed by atoms with Gasteiger partial charge in [0, 0.05) is 13.4 Å². The van der Waals surface area contributed by atoms with Gasteiger partial charge in [-0.2, -0.15) is 0 Å². The predicted molar refractivity (Wildman–Crippen MR) is 77.7 cm³/mol. The fraction of sp³-hybridized carbons (Fsp3) is 0.571. The fourth-order valence-electron chi connectivity index (χ4n) is 1.22. The Labute approximate surface area is 112 Å². The summed E-state index contributed by atoms with van der Waals surface area (Å²) < 4.78 is 27.4. The van der Waals surface area contributed by atoms with Crippen LogP contribution in [0.2, 0.25) is 0 Å². The van der Waals surface area contributed by atoms with Gasteiger partial charge in [0.2, 0.25) is 0 Å². The molecule has 3 nitrogen and oxygen atoms in total. The van der Waals surface area contributed by atoms with Crippen molar-refractivity contribution in [3.63, 3.8) is 0 Å². The zero-order chi connectivity index (χ0) is 14.8. The maximum Gasteiger partial charge on any atom is 0.175 e. The van der Waals surface area contributed by atoms with E-state index in [4.69, 9.17) is 4.74 Å². The first-order chi connectivity index (χ1) is 8.45. The molecule has 4 heteroatoms. The Morgan fingerprint density at radius 2 is 1.61 bits per heavy atom. The molecular formula is C14H26O3S. The van der Waals surface area contributed by atoms with Crippen molar-refractivity contribution < 1.29 is 13.2 Å². The van der Waals surface area contributed by atoms with E-state index in [-0.39, 0.29) is 0 Å². The maximum absolute atomic E-state index is 11.2. The van der Waals surface area contributed by atoms with E-state index < -0.39 is 9.84 Å². The third-order valence-corrected chi connectivity index (χ3v) is 3.15. The van der Waals surface area contributed by atoms with Gasteiger partial charge in [-0.1, -0.05) is 33.8 Å². The molecule has 0 aliphatic carbocycles. The van der Waals surface area contributed by atoms with Crippen LogP contribution in [0, 0.1) is 6.92 Å². The highest BCUT2D eigenvalue weighted by atomic mass is 32.2. The molecule has 0 fully saturated rings. The Hall–Kier alpha value is -0.870. The van der Waals surface area contributed by atoms with Gasteiger partial charge in [0.25, 0.3) is 0 Å². The highest BCUT2D eigenvalue weighted by molar-refractivity contribution is 7.90. The van der Waals surface area contributed by atoms with E-state index in [0.29, 0.717) is 11.5 Å². The first-order valence-corrected chi connectivity index (χ1v) is 8.13. The van der Waals surface area contributed by atoms with Crippen LogP contribution < -0.4 is 0 Å².